The number of fused-ring (bicyclic) bond motifs is 1. The van der Waals surface area contributed by atoms with Crippen molar-refractivity contribution in [1.82, 2.24) is 9.55 Å². The molecule has 0 saturated carbocycles. The van der Waals surface area contributed by atoms with Crippen molar-refractivity contribution in [2.45, 2.75) is 37.7 Å². The minimum atomic E-state index is -0.636. The van der Waals surface area contributed by atoms with Crippen LogP contribution in [0.25, 0.3) is 10.9 Å². The van der Waals surface area contributed by atoms with Crippen LogP contribution in [0.2, 0.25) is 10.0 Å². The molecule has 8 nitrogen and oxygen atoms in total. The van der Waals surface area contributed by atoms with Crippen LogP contribution in [-0.4, -0.2) is 25.6 Å². The molecule has 11 heteroatoms. The predicted octanol–water partition coefficient (Wildman–Crippen LogP) is 5.39. The molecule has 0 fully saturated rings. The van der Waals surface area contributed by atoms with Crippen molar-refractivity contribution in [3.63, 3.8) is 0 Å². The molecule has 1 heterocycles. The largest absolute Gasteiger partial charge is 0.324 e. The van der Waals surface area contributed by atoms with E-state index in [1.54, 1.807) is 29.7 Å². The Bertz CT molecular complexity index is 1260. The van der Waals surface area contributed by atoms with Crippen molar-refractivity contribution in [2.24, 2.45) is 5.92 Å². The number of non-ortho nitro benzene ring substituents is 1. The summed E-state index contributed by atoms with van der Waals surface area (Å²) in [5.41, 5.74) is 0.338. The highest BCUT2D eigenvalue weighted by molar-refractivity contribution is 8.00. The summed E-state index contributed by atoms with van der Waals surface area (Å²) in [7, 11) is 0. The third kappa shape index (κ3) is 5.40. The van der Waals surface area contributed by atoms with Crippen LogP contribution >= 0.6 is 35.0 Å². The fourth-order valence-corrected chi connectivity index (χ4v) is 4.26. The van der Waals surface area contributed by atoms with E-state index >= 15 is 0 Å². The number of nitrogens with one attached hydrogen (secondary N) is 1. The monoisotopic (exact) mass is 494 g/mol. The molecule has 1 atom stereocenters. The van der Waals surface area contributed by atoms with Gasteiger partial charge in [-0.2, -0.15) is 0 Å². The maximum absolute atomic E-state index is 13.1. The second-order valence-electron chi connectivity index (χ2n) is 7.54. The van der Waals surface area contributed by atoms with Gasteiger partial charge in [0.15, 0.2) is 5.16 Å². The van der Waals surface area contributed by atoms with Crippen LogP contribution < -0.4 is 10.9 Å². The summed E-state index contributed by atoms with van der Waals surface area (Å²) in [6.07, 6.45) is 0. The minimum Gasteiger partial charge on any atom is -0.324 e. The third-order valence-corrected chi connectivity index (χ3v) is 6.14. The van der Waals surface area contributed by atoms with Gasteiger partial charge in [-0.3, -0.25) is 24.3 Å². The van der Waals surface area contributed by atoms with Gasteiger partial charge in [0.05, 0.1) is 31.8 Å². The first-order chi connectivity index (χ1) is 15.1. The molecule has 3 aromatic rings. The molecular weight excluding hydrogens is 475 g/mol. The van der Waals surface area contributed by atoms with Crippen molar-refractivity contribution in [1.29, 1.82) is 0 Å². The Morgan fingerprint density at radius 1 is 1.22 bits per heavy atom. The predicted molar refractivity (Wildman–Crippen MR) is 128 cm³/mol. The van der Waals surface area contributed by atoms with E-state index in [-0.39, 0.29) is 33.8 Å². The first-order valence-electron chi connectivity index (χ1n) is 9.68. The number of rotatable bonds is 7. The topological polar surface area (TPSA) is 107 Å². The third-order valence-electron chi connectivity index (χ3n) is 4.50. The lowest BCUT2D eigenvalue weighted by Crippen LogP contribution is -2.28. The lowest BCUT2D eigenvalue weighted by Gasteiger charge is -2.18. The van der Waals surface area contributed by atoms with E-state index in [9.17, 15) is 19.7 Å². The minimum absolute atomic E-state index is 0.0555. The van der Waals surface area contributed by atoms with E-state index in [1.165, 1.54) is 18.2 Å². The van der Waals surface area contributed by atoms with E-state index < -0.39 is 10.2 Å². The van der Waals surface area contributed by atoms with Gasteiger partial charge in [-0.1, -0.05) is 48.8 Å². The van der Waals surface area contributed by atoms with Gasteiger partial charge in [0.2, 0.25) is 5.91 Å². The van der Waals surface area contributed by atoms with Gasteiger partial charge in [0.1, 0.15) is 0 Å². The number of nitro groups is 1. The van der Waals surface area contributed by atoms with Crippen molar-refractivity contribution in [3.05, 3.63) is 66.9 Å². The van der Waals surface area contributed by atoms with Crippen molar-refractivity contribution in [2.75, 3.05) is 5.32 Å². The number of amides is 1. The number of benzene rings is 2. The fourth-order valence-electron chi connectivity index (χ4n) is 2.95. The van der Waals surface area contributed by atoms with Gasteiger partial charge in [-0.25, -0.2) is 4.98 Å². The molecule has 1 N–H and O–H groups in total. The van der Waals surface area contributed by atoms with E-state index in [2.05, 4.69) is 10.3 Å². The SMILES string of the molecule is CC(C)Cn1c(SC(C)C(=O)Nc2ccc([N+](=O)[O-])cc2Cl)nc2cc(Cl)ccc2c1=O. The Morgan fingerprint density at radius 2 is 1.94 bits per heavy atom. The number of hydrogen-bond donors (Lipinski definition) is 1. The van der Waals surface area contributed by atoms with Gasteiger partial charge in [-0.05, 0) is 37.1 Å². The van der Waals surface area contributed by atoms with Crippen molar-refractivity contribution >= 4 is 63.1 Å². The van der Waals surface area contributed by atoms with Crippen molar-refractivity contribution in [3.8, 4) is 0 Å². The number of anilines is 1. The summed E-state index contributed by atoms with van der Waals surface area (Å²) in [4.78, 5) is 40.7. The van der Waals surface area contributed by atoms with Gasteiger partial charge in [0.25, 0.3) is 11.2 Å². The van der Waals surface area contributed by atoms with Crippen LogP contribution in [0.1, 0.15) is 20.8 Å². The van der Waals surface area contributed by atoms with Crippen LogP contribution in [0, 0.1) is 16.0 Å². The highest BCUT2D eigenvalue weighted by atomic mass is 35.5. The van der Waals surface area contributed by atoms with E-state index in [0.29, 0.717) is 27.6 Å². The summed E-state index contributed by atoms with van der Waals surface area (Å²) >= 11 is 13.3. The van der Waals surface area contributed by atoms with Crippen LogP contribution in [0.3, 0.4) is 0 Å². The Labute approximate surface area is 198 Å². The van der Waals surface area contributed by atoms with Crippen molar-refractivity contribution < 1.29 is 9.72 Å². The molecule has 3 rings (SSSR count). The quantitative estimate of drug-likeness (QED) is 0.204. The fraction of sp³-hybridized carbons (Fsp3) is 0.286. The molecule has 1 amide bonds. The standard InChI is InChI=1S/C21H20Cl2N4O4S/c1-11(2)10-26-20(29)15-6-4-13(22)8-18(15)25-21(26)32-12(3)19(28)24-17-7-5-14(27(30)31)9-16(17)23/h4-9,11-12H,10H2,1-3H3,(H,24,28). The highest BCUT2D eigenvalue weighted by Gasteiger charge is 2.21. The molecule has 1 aromatic heterocycles. The molecule has 0 radical (unpaired) electrons. The Balaban J connectivity index is 1.89. The highest BCUT2D eigenvalue weighted by Crippen LogP contribution is 2.29. The second kappa shape index (κ2) is 9.89. The lowest BCUT2D eigenvalue weighted by molar-refractivity contribution is -0.384. The summed E-state index contributed by atoms with van der Waals surface area (Å²) < 4.78 is 1.56. The number of carbonyl (C=O) groups is 1. The summed E-state index contributed by atoms with van der Waals surface area (Å²) in [5, 5.41) is 14.3. The molecule has 0 aliphatic carbocycles. The van der Waals surface area contributed by atoms with E-state index in [0.717, 1.165) is 11.8 Å². The zero-order valence-electron chi connectivity index (χ0n) is 17.5. The number of halogens is 2. The Hall–Kier alpha value is -2.62. The lowest BCUT2D eigenvalue weighted by atomic mass is 10.2. The molecule has 0 spiro atoms. The molecular formula is C21H20Cl2N4O4S. The number of nitrogens with zero attached hydrogens (tertiary/aromatic N) is 3. The number of thioether (sulfide) groups is 1. The number of hydrogen-bond acceptors (Lipinski definition) is 6. The van der Waals surface area contributed by atoms with Gasteiger partial charge in [-0.15, -0.1) is 0 Å². The normalized spacial score (nSPS) is 12.2. The number of aromatic nitrogens is 2. The number of carbonyl (C=O) groups excluding carboxylic acids is 1. The Kier molecular flexibility index (Phi) is 7.43. The zero-order chi connectivity index (χ0) is 23.6. The Morgan fingerprint density at radius 3 is 2.56 bits per heavy atom. The first kappa shape index (κ1) is 24.0. The second-order valence-corrected chi connectivity index (χ2v) is 9.69. The van der Waals surface area contributed by atoms with Gasteiger partial charge >= 0.3 is 0 Å². The maximum atomic E-state index is 13.1. The maximum Gasteiger partial charge on any atom is 0.271 e. The molecule has 0 bridgehead atoms. The molecule has 2 aromatic carbocycles. The van der Waals surface area contributed by atoms with Crippen LogP contribution in [0.15, 0.2) is 46.3 Å². The molecule has 32 heavy (non-hydrogen) atoms. The molecule has 1 unspecified atom stereocenters. The smallest absolute Gasteiger partial charge is 0.271 e. The first-order valence-corrected chi connectivity index (χ1v) is 11.3. The summed E-state index contributed by atoms with van der Waals surface area (Å²) in [6.45, 7) is 6.09. The molecule has 0 saturated heterocycles. The zero-order valence-corrected chi connectivity index (χ0v) is 19.8. The van der Waals surface area contributed by atoms with Crippen LogP contribution in [0.4, 0.5) is 11.4 Å². The van der Waals surface area contributed by atoms with Crippen LogP contribution in [-0.2, 0) is 11.3 Å². The molecule has 0 aliphatic heterocycles. The molecule has 168 valence electrons. The van der Waals surface area contributed by atoms with E-state index in [1.807, 2.05) is 13.8 Å². The van der Waals surface area contributed by atoms with Crippen LogP contribution in [0.5, 0.6) is 0 Å². The molecule has 0 aliphatic rings. The summed E-state index contributed by atoms with van der Waals surface area (Å²) in [5.74, 6) is -0.205. The van der Waals surface area contributed by atoms with Gasteiger partial charge < -0.3 is 5.32 Å². The average Bonchev–Trinajstić information content (AvgIpc) is 2.71. The number of nitro benzene ring substituents is 1. The van der Waals surface area contributed by atoms with E-state index in [4.69, 9.17) is 23.2 Å². The van der Waals surface area contributed by atoms with Gasteiger partial charge in [0, 0.05) is 23.7 Å². The average molecular weight is 495 g/mol. The summed E-state index contributed by atoms with van der Waals surface area (Å²) in [6, 6.07) is 8.71.